The number of amides is 1. The molecule has 1 aromatic rings. The van der Waals surface area contributed by atoms with E-state index >= 15 is 0 Å². The van der Waals surface area contributed by atoms with Crippen LogP contribution in [0, 0.1) is 11.7 Å². The highest BCUT2D eigenvalue weighted by Gasteiger charge is 2.28. The number of benzene rings is 1. The molecule has 2 aliphatic heterocycles. The quantitative estimate of drug-likeness (QED) is 0.886. The van der Waals surface area contributed by atoms with Crippen molar-refractivity contribution in [1.82, 2.24) is 10.2 Å². The van der Waals surface area contributed by atoms with Crippen LogP contribution in [0.25, 0.3) is 0 Å². The maximum Gasteiger partial charge on any atom is 0.238 e. The SMILES string of the molecule is O=C(CN1CCC(C2CCCN2)CC1)Nc1ccc(F)c(Cl)c1. The molecule has 4 nitrogen and oxygen atoms in total. The van der Waals surface area contributed by atoms with Crippen molar-refractivity contribution in [3.63, 3.8) is 0 Å². The molecule has 0 saturated carbocycles. The third-order valence-corrected chi connectivity index (χ3v) is 5.16. The maximum atomic E-state index is 13.1. The Hall–Kier alpha value is -1.17. The average Bonchev–Trinajstić information content (AvgIpc) is 3.06. The number of piperidine rings is 1. The summed E-state index contributed by atoms with van der Waals surface area (Å²) in [4.78, 5) is 14.3. The Morgan fingerprint density at radius 2 is 2.13 bits per heavy atom. The van der Waals surface area contributed by atoms with Crippen molar-refractivity contribution in [2.75, 3.05) is 31.5 Å². The van der Waals surface area contributed by atoms with Gasteiger partial charge in [-0.1, -0.05) is 11.6 Å². The Balaban J connectivity index is 1.44. The molecular weight excluding hydrogens is 317 g/mol. The first-order valence-corrected chi connectivity index (χ1v) is 8.70. The summed E-state index contributed by atoms with van der Waals surface area (Å²) in [7, 11) is 0. The van der Waals surface area contributed by atoms with Gasteiger partial charge in [-0.3, -0.25) is 9.69 Å². The zero-order valence-electron chi connectivity index (χ0n) is 13.2. The monoisotopic (exact) mass is 339 g/mol. The van der Waals surface area contributed by atoms with Crippen molar-refractivity contribution in [2.24, 2.45) is 5.92 Å². The van der Waals surface area contributed by atoms with Gasteiger partial charge in [-0.15, -0.1) is 0 Å². The summed E-state index contributed by atoms with van der Waals surface area (Å²) in [6, 6.07) is 4.90. The zero-order valence-corrected chi connectivity index (χ0v) is 13.9. The molecule has 0 aliphatic carbocycles. The lowest BCUT2D eigenvalue weighted by atomic mass is 9.88. The Morgan fingerprint density at radius 1 is 1.35 bits per heavy atom. The minimum absolute atomic E-state index is 0.0210. The second kappa shape index (κ2) is 7.60. The van der Waals surface area contributed by atoms with Gasteiger partial charge < -0.3 is 10.6 Å². The standard InChI is InChI=1S/C17H23ClFN3O/c18-14-10-13(3-4-15(14)19)21-17(23)11-22-8-5-12(6-9-22)16-2-1-7-20-16/h3-4,10,12,16,20H,1-2,5-9,11H2,(H,21,23). The van der Waals surface area contributed by atoms with Gasteiger partial charge in [-0.2, -0.15) is 0 Å². The van der Waals surface area contributed by atoms with Gasteiger partial charge in [0.05, 0.1) is 11.6 Å². The molecule has 0 spiro atoms. The van der Waals surface area contributed by atoms with Crippen LogP contribution in [-0.4, -0.2) is 43.0 Å². The van der Waals surface area contributed by atoms with Crippen molar-refractivity contribution in [1.29, 1.82) is 0 Å². The van der Waals surface area contributed by atoms with E-state index in [1.165, 1.54) is 31.0 Å². The van der Waals surface area contributed by atoms with Gasteiger partial charge in [0.15, 0.2) is 0 Å². The van der Waals surface area contributed by atoms with Gasteiger partial charge >= 0.3 is 0 Å². The minimum atomic E-state index is -0.479. The molecule has 2 fully saturated rings. The van der Waals surface area contributed by atoms with Gasteiger partial charge in [0, 0.05) is 11.7 Å². The minimum Gasteiger partial charge on any atom is -0.325 e. The molecule has 2 aliphatic rings. The first-order chi connectivity index (χ1) is 11.1. The summed E-state index contributed by atoms with van der Waals surface area (Å²) < 4.78 is 13.1. The summed E-state index contributed by atoms with van der Waals surface area (Å²) in [5.41, 5.74) is 0.534. The van der Waals surface area contributed by atoms with Crippen LogP contribution >= 0.6 is 11.6 Å². The summed E-state index contributed by atoms with van der Waals surface area (Å²) in [5, 5.41) is 6.38. The summed E-state index contributed by atoms with van der Waals surface area (Å²) in [5.74, 6) is 0.185. The first kappa shape index (κ1) is 16.7. The Kier molecular flexibility index (Phi) is 5.51. The Labute approximate surface area is 141 Å². The summed E-state index contributed by atoms with van der Waals surface area (Å²) in [6.07, 6.45) is 4.87. The normalized spacial score (nSPS) is 23.1. The number of rotatable bonds is 4. The van der Waals surface area contributed by atoms with E-state index in [1.807, 2.05) is 0 Å². The van der Waals surface area contributed by atoms with Crippen LogP contribution in [0.3, 0.4) is 0 Å². The molecule has 2 saturated heterocycles. The second-order valence-corrected chi connectivity index (χ2v) is 6.90. The molecule has 126 valence electrons. The van der Waals surface area contributed by atoms with E-state index in [1.54, 1.807) is 0 Å². The molecular formula is C17H23ClFN3O. The van der Waals surface area contributed by atoms with E-state index in [0.717, 1.165) is 38.4 Å². The predicted octanol–water partition coefficient (Wildman–Crippen LogP) is 2.88. The van der Waals surface area contributed by atoms with Crippen LogP contribution in [-0.2, 0) is 4.79 Å². The van der Waals surface area contributed by atoms with Gasteiger partial charge in [-0.05, 0) is 69.4 Å². The first-order valence-electron chi connectivity index (χ1n) is 8.32. The van der Waals surface area contributed by atoms with Crippen molar-refractivity contribution in [3.8, 4) is 0 Å². The Bertz CT molecular complexity index is 555. The van der Waals surface area contributed by atoms with E-state index in [0.29, 0.717) is 18.3 Å². The van der Waals surface area contributed by atoms with E-state index in [2.05, 4.69) is 15.5 Å². The van der Waals surface area contributed by atoms with Crippen LogP contribution in [0.5, 0.6) is 0 Å². The molecule has 0 bridgehead atoms. The molecule has 0 radical (unpaired) electrons. The van der Waals surface area contributed by atoms with Gasteiger partial charge in [-0.25, -0.2) is 4.39 Å². The topological polar surface area (TPSA) is 44.4 Å². The Morgan fingerprint density at radius 3 is 2.78 bits per heavy atom. The van der Waals surface area contributed by atoms with Crippen molar-refractivity contribution in [2.45, 2.75) is 31.7 Å². The largest absolute Gasteiger partial charge is 0.325 e. The van der Waals surface area contributed by atoms with Crippen LogP contribution in [0.15, 0.2) is 18.2 Å². The number of hydrogen-bond acceptors (Lipinski definition) is 3. The smallest absolute Gasteiger partial charge is 0.238 e. The number of halogens is 2. The number of anilines is 1. The van der Waals surface area contributed by atoms with Crippen LogP contribution < -0.4 is 10.6 Å². The molecule has 1 amide bonds. The average molecular weight is 340 g/mol. The van der Waals surface area contributed by atoms with Gasteiger partial charge in [0.25, 0.3) is 0 Å². The molecule has 1 atom stereocenters. The number of hydrogen-bond donors (Lipinski definition) is 2. The molecule has 1 aromatic carbocycles. The second-order valence-electron chi connectivity index (χ2n) is 6.49. The number of carbonyl (C=O) groups is 1. The molecule has 3 rings (SSSR count). The molecule has 2 heterocycles. The third-order valence-electron chi connectivity index (χ3n) is 4.87. The fourth-order valence-electron chi connectivity index (χ4n) is 3.60. The fraction of sp³-hybridized carbons (Fsp3) is 0.588. The number of nitrogens with zero attached hydrogens (tertiary/aromatic N) is 1. The molecule has 1 unspecified atom stereocenters. The highest BCUT2D eigenvalue weighted by atomic mass is 35.5. The molecule has 2 N–H and O–H groups in total. The molecule has 0 aromatic heterocycles. The van der Waals surface area contributed by atoms with E-state index < -0.39 is 5.82 Å². The van der Waals surface area contributed by atoms with Gasteiger partial charge in [0.1, 0.15) is 5.82 Å². The zero-order chi connectivity index (χ0) is 16.2. The van der Waals surface area contributed by atoms with Crippen molar-refractivity contribution in [3.05, 3.63) is 29.0 Å². The number of carbonyl (C=O) groups excluding carboxylic acids is 1. The van der Waals surface area contributed by atoms with E-state index in [-0.39, 0.29) is 10.9 Å². The van der Waals surface area contributed by atoms with Crippen LogP contribution in [0.1, 0.15) is 25.7 Å². The van der Waals surface area contributed by atoms with E-state index in [4.69, 9.17) is 11.6 Å². The number of likely N-dealkylation sites (tertiary alicyclic amines) is 1. The lowest BCUT2D eigenvalue weighted by Crippen LogP contribution is -2.43. The molecule has 6 heteroatoms. The summed E-state index contributed by atoms with van der Waals surface area (Å²) in [6.45, 7) is 3.44. The molecule has 23 heavy (non-hydrogen) atoms. The van der Waals surface area contributed by atoms with Crippen LogP contribution in [0.2, 0.25) is 5.02 Å². The van der Waals surface area contributed by atoms with E-state index in [9.17, 15) is 9.18 Å². The highest BCUT2D eigenvalue weighted by molar-refractivity contribution is 6.31. The predicted molar refractivity (Wildman–Crippen MR) is 90.2 cm³/mol. The maximum absolute atomic E-state index is 13.1. The summed E-state index contributed by atoms with van der Waals surface area (Å²) >= 11 is 5.72. The highest BCUT2D eigenvalue weighted by Crippen LogP contribution is 2.25. The van der Waals surface area contributed by atoms with Crippen molar-refractivity contribution >= 4 is 23.2 Å². The number of nitrogens with one attached hydrogen (secondary N) is 2. The van der Waals surface area contributed by atoms with Gasteiger partial charge in [0.2, 0.25) is 5.91 Å². The fourth-order valence-corrected chi connectivity index (χ4v) is 3.79. The van der Waals surface area contributed by atoms with Crippen LogP contribution in [0.4, 0.5) is 10.1 Å². The lowest BCUT2D eigenvalue weighted by molar-refractivity contribution is -0.117. The third kappa shape index (κ3) is 4.43. The van der Waals surface area contributed by atoms with Crippen molar-refractivity contribution < 1.29 is 9.18 Å². The lowest BCUT2D eigenvalue weighted by Gasteiger charge is -2.34.